The number of nitrogens with zero attached hydrogens (tertiary/aromatic N) is 3. The van der Waals surface area contributed by atoms with Crippen LogP contribution in [0.25, 0.3) is 0 Å². The summed E-state index contributed by atoms with van der Waals surface area (Å²) in [4.78, 5) is 1.97. The number of hydrogen-bond acceptors (Lipinski definition) is 4. The molecule has 1 N–H and O–H groups in total. The summed E-state index contributed by atoms with van der Waals surface area (Å²) in [6.45, 7) is 2.27. The molecule has 1 fully saturated rings. The van der Waals surface area contributed by atoms with Crippen molar-refractivity contribution in [3.63, 3.8) is 0 Å². The molecule has 1 aromatic rings. The molecule has 0 saturated carbocycles. The van der Waals surface area contributed by atoms with Gasteiger partial charge in [0.05, 0.1) is 5.69 Å². The minimum atomic E-state index is 0.740. The summed E-state index contributed by atoms with van der Waals surface area (Å²) < 4.78 is 0. The minimum absolute atomic E-state index is 0.740. The fraction of sp³-hybridized carbons (Fsp3) is 0.636. The highest BCUT2D eigenvalue weighted by atomic mass is 15.2. The van der Waals surface area contributed by atoms with Crippen LogP contribution in [0.3, 0.4) is 0 Å². The fourth-order valence-electron chi connectivity index (χ4n) is 1.88. The van der Waals surface area contributed by atoms with E-state index >= 15 is 0 Å². The highest BCUT2D eigenvalue weighted by molar-refractivity contribution is 5.34. The van der Waals surface area contributed by atoms with Crippen LogP contribution >= 0.6 is 0 Å². The fourth-order valence-corrected chi connectivity index (χ4v) is 1.88. The molecule has 15 heavy (non-hydrogen) atoms. The first-order valence-corrected chi connectivity index (χ1v) is 5.46. The van der Waals surface area contributed by atoms with E-state index in [-0.39, 0.29) is 0 Å². The van der Waals surface area contributed by atoms with Crippen LogP contribution in [-0.2, 0) is 6.42 Å². The van der Waals surface area contributed by atoms with Gasteiger partial charge >= 0.3 is 0 Å². The van der Waals surface area contributed by atoms with E-state index in [4.69, 9.17) is 0 Å². The van der Waals surface area contributed by atoms with E-state index < -0.39 is 0 Å². The normalized spacial score (nSPS) is 20.5. The molecular weight excluding hydrogens is 188 g/mol. The van der Waals surface area contributed by atoms with Crippen molar-refractivity contribution in [3.05, 3.63) is 17.8 Å². The third kappa shape index (κ3) is 2.65. The second-order valence-electron chi connectivity index (χ2n) is 4.34. The predicted molar refractivity (Wildman–Crippen MR) is 61.0 cm³/mol. The Morgan fingerprint density at radius 1 is 1.40 bits per heavy atom. The summed E-state index contributed by atoms with van der Waals surface area (Å²) in [7, 11) is 3.95. The molecule has 4 nitrogen and oxygen atoms in total. The van der Waals surface area contributed by atoms with Gasteiger partial charge in [-0.05, 0) is 44.0 Å². The molecule has 2 rings (SSSR count). The van der Waals surface area contributed by atoms with Gasteiger partial charge in [-0.25, -0.2) is 0 Å². The number of nitrogens with one attached hydrogen (secondary N) is 1. The Balaban J connectivity index is 1.97. The van der Waals surface area contributed by atoms with Gasteiger partial charge in [0.1, 0.15) is 0 Å². The summed E-state index contributed by atoms with van der Waals surface area (Å²) in [6, 6.07) is 4.12. The zero-order chi connectivity index (χ0) is 10.7. The first-order valence-electron chi connectivity index (χ1n) is 5.46. The molecular formula is C11H18N4. The Morgan fingerprint density at radius 3 is 2.80 bits per heavy atom. The quantitative estimate of drug-likeness (QED) is 0.790. The van der Waals surface area contributed by atoms with E-state index in [1.807, 2.05) is 25.1 Å². The Kier molecular flexibility index (Phi) is 3.16. The molecule has 0 aliphatic carbocycles. The second kappa shape index (κ2) is 4.57. The molecule has 1 aromatic heterocycles. The number of aromatic nitrogens is 2. The molecule has 1 saturated heterocycles. The Labute approximate surface area is 90.7 Å². The molecule has 0 unspecified atom stereocenters. The van der Waals surface area contributed by atoms with E-state index in [9.17, 15) is 0 Å². The van der Waals surface area contributed by atoms with Gasteiger partial charge in [0.15, 0.2) is 5.82 Å². The molecule has 1 aliphatic heterocycles. The van der Waals surface area contributed by atoms with Crippen molar-refractivity contribution < 1.29 is 0 Å². The smallest absolute Gasteiger partial charge is 0.150 e. The van der Waals surface area contributed by atoms with Crippen LogP contribution < -0.4 is 10.2 Å². The monoisotopic (exact) mass is 206 g/mol. The Morgan fingerprint density at radius 2 is 2.27 bits per heavy atom. The maximum Gasteiger partial charge on any atom is 0.150 e. The molecule has 0 spiro atoms. The summed E-state index contributed by atoms with van der Waals surface area (Å²) in [5, 5.41) is 11.8. The van der Waals surface area contributed by atoms with Crippen molar-refractivity contribution in [2.75, 3.05) is 32.1 Å². The van der Waals surface area contributed by atoms with Gasteiger partial charge in [-0.15, -0.1) is 5.10 Å². The summed E-state index contributed by atoms with van der Waals surface area (Å²) in [6.07, 6.45) is 2.31. The first-order chi connectivity index (χ1) is 7.25. The van der Waals surface area contributed by atoms with Crippen LogP contribution in [0.4, 0.5) is 5.82 Å². The van der Waals surface area contributed by atoms with E-state index in [1.54, 1.807) is 0 Å². The van der Waals surface area contributed by atoms with Gasteiger partial charge in [-0.1, -0.05) is 0 Å². The lowest BCUT2D eigenvalue weighted by Gasteiger charge is -2.11. The number of rotatable bonds is 3. The van der Waals surface area contributed by atoms with E-state index in [0.29, 0.717) is 0 Å². The van der Waals surface area contributed by atoms with Crippen LogP contribution in [0.15, 0.2) is 12.1 Å². The Hall–Kier alpha value is -1.16. The van der Waals surface area contributed by atoms with Crippen molar-refractivity contribution in [1.29, 1.82) is 0 Å². The van der Waals surface area contributed by atoms with Crippen molar-refractivity contribution in [1.82, 2.24) is 15.5 Å². The molecule has 0 amide bonds. The maximum atomic E-state index is 4.24. The summed E-state index contributed by atoms with van der Waals surface area (Å²) in [5.74, 6) is 1.66. The third-order valence-electron chi connectivity index (χ3n) is 2.82. The highest BCUT2D eigenvalue weighted by Crippen LogP contribution is 2.14. The SMILES string of the molecule is CN(C)c1ccc(C[C@H]2CCNC2)nn1. The summed E-state index contributed by atoms with van der Waals surface area (Å²) in [5.41, 5.74) is 1.11. The lowest BCUT2D eigenvalue weighted by molar-refractivity contribution is 0.567. The molecule has 1 aliphatic rings. The van der Waals surface area contributed by atoms with Crippen molar-refractivity contribution in [3.8, 4) is 0 Å². The molecule has 1 atom stereocenters. The van der Waals surface area contributed by atoms with Gasteiger partial charge < -0.3 is 10.2 Å². The van der Waals surface area contributed by atoms with Gasteiger partial charge in [0, 0.05) is 14.1 Å². The minimum Gasteiger partial charge on any atom is -0.361 e. The van der Waals surface area contributed by atoms with E-state index in [2.05, 4.69) is 21.6 Å². The zero-order valence-electron chi connectivity index (χ0n) is 9.40. The molecule has 0 aromatic carbocycles. The average molecular weight is 206 g/mol. The maximum absolute atomic E-state index is 4.24. The van der Waals surface area contributed by atoms with Crippen LogP contribution in [0.5, 0.6) is 0 Å². The lowest BCUT2D eigenvalue weighted by atomic mass is 10.0. The lowest BCUT2D eigenvalue weighted by Crippen LogP contribution is -2.14. The topological polar surface area (TPSA) is 41.0 Å². The standard InChI is InChI=1S/C11H18N4/c1-15(2)11-4-3-10(13-14-11)7-9-5-6-12-8-9/h3-4,9,12H,5-8H2,1-2H3/t9-/m1/s1. The molecule has 0 bridgehead atoms. The summed E-state index contributed by atoms with van der Waals surface area (Å²) >= 11 is 0. The van der Waals surface area contributed by atoms with Crippen LogP contribution in [0.1, 0.15) is 12.1 Å². The zero-order valence-corrected chi connectivity index (χ0v) is 9.40. The van der Waals surface area contributed by atoms with Crippen molar-refractivity contribution in [2.24, 2.45) is 5.92 Å². The first kappa shape index (κ1) is 10.4. The largest absolute Gasteiger partial charge is 0.361 e. The number of hydrogen-bond donors (Lipinski definition) is 1. The van der Waals surface area contributed by atoms with Crippen molar-refractivity contribution >= 4 is 5.82 Å². The Bertz CT molecular complexity index is 301. The third-order valence-corrected chi connectivity index (χ3v) is 2.82. The molecule has 0 radical (unpaired) electrons. The van der Waals surface area contributed by atoms with E-state index in [1.165, 1.54) is 6.42 Å². The average Bonchev–Trinajstić information content (AvgIpc) is 2.71. The van der Waals surface area contributed by atoms with Crippen LogP contribution in [-0.4, -0.2) is 37.4 Å². The molecule has 4 heteroatoms. The second-order valence-corrected chi connectivity index (χ2v) is 4.34. The van der Waals surface area contributed by atoms with Crippen LogP contribution in [0, 0.1) is 5.92 Å². The van der Waals surface area contributed by atoms with E-state index in [0.717, 1.165) is 36.9 Å². The van der Waals surface area contributed by atoms with Gasteiger partial charge in [-0.2, -0.15) is 5.10 Å². The molecule has 2 heterocycles. The number of anilines is 1. The van der Waals surface area contributed by atoms with Gasteiger partial charge in [0.2, 0.25) is 0 Å². The van der Waals surface area contributed by atoms with Gasteiger partial charge in [-0.3, -0.25) is 0 Å². The van der Waals surface area contributed by atoms with Crippen molar-refractivity contribution in [2.45, 2.75) is 12.8 Å². The highest BCUT2D eigenvalue weighted by Gasteiger charge is 2.15. The predicted octanol–water partition coefficient (Wildman–Crippen LogP) is 0.695. The van der Waals surface area contributed by atoms with Gasteiger partial charge in [0.25, 0.3) is 0 Å². The van der Waals surface area contributed by atoms with Crippen LogP contribution in [0.2, 0.25) is 0 Å². The molecule has 82 valence electrons.